The van der Waals surface area contributed by atoms with E-state index in [1.165, 1.54) is 0 Å². The molecule has 3 aromatic rings. The zero-order valence-electron chi connectivity index (χ0n) is 16.5. The summed E-state index contributed by atoms with van der Waals surface area (Å²) in [7, 11) is 3.24. The summed E-state index contributed by atoms with van der Waals surface area (Å²) >= 11 is 0. The van der Waals surface area contributed by atoms with Gasteiger partial charge in [0, 0.05) is 37.4 Å². The number of amides is 1. The van der Waals surface area contributed by atoms with Crippen LogP contribution in [0.3, 0.4) is 0 Å². The third-order valence-electron chi connectivity index (χ3n) is 4.39. The fourth-order valence-electron chi connectivity index (χ4n) is 2.83. The molecule has 0 unspecified atom stereocenters. The quantitative estimate of drug-likeness (QED) is 0.582. The van der Waals surface area contributed by atoms with Crippen LogP contribution in [0.4, 0.5) is 5.69 Å². The number of nitrogens with zero attached hydrogens (tertiary/aromatic N) is 2. The van der Waals surface area contributed by atoms with Crippen molar-refractivity contribution < 1.29 is 14.3 Å². The molecule has 0 saturated carbocycles. The lowest BCUT2D eigenvalue weighted by molar-refractivity contribution is 0.0946. The molecule has 0 aliphatic rings. The second-order valence-electron chi connectivity index (χ2n) is 6.33. The van der Waals surface area contributed by atoms with Crippen molar-refractivity contribution in [1.82, 2.24) is 15.3 Å². The fraction of sp³-hybridized carbons (Fsp3) is 0.227. The molecule has 7 nitrogen and oxygen atoms in total. The van der Waals surface area contributed by atoms with E-state index in [0.29, 0.717) is 30.3 Å². The van der Waals surface area contributed by atoms with Gasteiger partial charge in [-0.1, -0.05) is 6.07 Å². The normalized spacial score (nSPS) is 10.3. The zero-order chi connectivity index (χ0) is 20.5. The van der Waals surface area contributed by atoms with Gasteiger partial charge < -0.3 is 20.1 Å². The number of carbonyl (C=O) groups excluding carboxylic acids is 1. The Morgan fingerprint density at radius 2 is 1.72 bits per heavy atom. The number of aromatic nitrogens is 2. The lowest BCUT2D eigenvalue weighted by Crippen LogP contribution is -2.24. The van der Waals surface area contributed by atoms with Crippen molar-refractivity contribution in [3.63, 3.8) is 0 Å². The number of rotatable bonds is 9. The Bertz CT molecular complexity index is 948. The molecule has 0 radical (unpaired) electrons. The molecular formula is C22H24N4O3. The van der Waals surface area contributed by atoms with E-state index in [9.17, 15) is 4.79 Å². The summed E-state index contributed by atoms with van der Waals surface area (Å²) in [6, 6.07) is 13.2. The Morgan fingerprint density at radius 1 is 0.931 bits per heavy atom. The van der Waals surface area contributed by atoms with Gasteiger partial charge in [0.25, 0.3) is 5.91 Å². The third-order valence-corrected chi connectivity index (χ3v) is 4.39. The second-order valence-corrected chi connectivity index (χ2v) is 6.33. The first-order chi connectivity index (χ1) is 14.2. The zero-order valence-corrected chi connectivity index (χ0v) is 16.5. The van der Waals surface area contributed by atoms with E-state index in [4.69, 9.17) is 9.47 Å². The van der Waals surface area contributed by atoms with Gasteiger partial charge in [-0.15, -0.1) is 0 Å². The monoisotopic (exact) mass is 392 g/mol. The molecule has 0 atom stereocenters. The number of anilines is 1. The summed E-state index contributed by atoms with van der Waals surface area (Å²) in [5.74, 6) is 1.20. The number of ether oxygens (including phenoxy) is 2. The molecule has 0 saturated heterocycles. The Balaban J connectivity index is 1.54. The van der Waals surface area contributed by atoms with E-state index in [1.54, 1.807) is 38.9 Å². The van der Waals surface area contributed by atoms with Crippen LogP contribution in [0.1, 0.15) is 21.6 Å². The van der Waals surface area contributed by atoms with E-state index < -0.39 is 0 Å². The van der Waals surface area contributed by atoms with Gasteiger partial charge in [-0.05, 0) is 53.9 Å². The molecule has 2 N–H and O–H groups in total. The lowest BCUT2D eigenvalue weighted by atomic mass is 10.1. The maximum absolute atomic E-state index is 12.4. The number of pyridine rings is 2. The minimum atomic E-state index is -0.217. The Labute approximate surface area is 170 Å². The van der Waals surface area contributed by atoms with E-state index in [0.717, 1.165) is 23.2 Å². The van der Waals surface area contributed by atoms with Crippen LogP contribution in [-0.4, -0.2) is 36.6 Å². The molecule has 1 amide bonds. The van der Waals surface area contributed by atoms with Crippen LogP contribution < -0.4 is 20.1 Å². The maximum Gasteiger partial charge on any atom is 0.270 e. The molecule has 1 aromatic carbocycles. The Morgan fingerprint density at radius 3 is 2.48 bits per heavy atom. The molecule has 29 heavy (non-hydrogen) atoms. The highest BCUT2D eigenvalue weighted by atomic mass is 16.5. The van der Waals surface area contributed by atoms with E-state index in [1.807, 2.05) is 36.4 Å². The summed E-state index contributed by atoms with van der Waals surface area (Å²) in [6.45, 7) is 1.14. The molecule has 150 valence electrons. The van der Waals surface area contributed by atoms with E-state index in [-0.39, 0.29) is 5.91 Å². The van der Waals surface area contributed by atoms with Crippen LogP contribution in [0.25, 0.3) is 0 Å². The van der Waals surface area contributed by atoms with Gasteiger partial charge in [-0.3, -0.25) is 14.8 Å². The molecule has 0 bridgehead atoms. The van der Waals surface area contributed by atoms with Crippen LogP contribution in [0.5, 0.6) is 11.5 Å². The average molecular weight is 392 g/mol. The smallest absolute Gasteiger partial charge is 0.270 e. The minimum Gasteiger partial charge on any atom is -0.493 e. The highest BCUT2D eigenvalue weighted by Crippen LogP contribution is 2.27. The SMILES string of the molecule is COc1ccc(CCNc2ccnc(C(=O)NCc3ccncc3)c2)cc1OC. The first kappa shape index (κ1) is 20.1. The summed E-state index contributed by atoms with van der Waals surface area (Å²) in [5.41, 5.74) is 3.32. The first-order valence-corrected chi connectivity index (χ1v) is 9.27. The maximum atomic E-state index is 12.4. The van der Waals surface area contributed by atoms with Crippen molar-refractivity contribution in [2.75, 3.05) is 26.1 Å². The van der Waals surface area contributed by atoms with Gasteiger partial charge in [0.15, 0.2) is 11.5 Å². The number of carbonyl (C=O) groups is 1. The highest BCUT2D eigenvalue weighted by molar-refractivity contribution is 5.93. The molecule has 2 aromatic heterocycles. The van der Waals surface area contributed by atoms with Gasteiger partial charge in [0.1, 0.15) is 5.69 Å². The van der Waals surface area contributed by atoms with Gasteiger partial charge in [0.2, 0.25) is 0 Å². The number of benzene rings is 1. The minimum absolute atomic E-state index is 0.217. The number of hydrogen-bond acceptors (Lipinski definition) is 6. The van der Waals surface area contributed by atoms with Crippen molar-refractivity contribution in [2.24, 2.45) is 0 Å². The second kappa shape index (κ2) is 10.1. The number of hydrogen-bond donors (Lipinski definition) is 2. The summed E-state index contributed by atoms with van der Waals surface area (Å²) < 4.78 is 10.6. The standard InChI is InChI=1S/C22H24N4O3/c1-28-20-4-3-16(13-21(20)29-2)7-11-24-18-8-12-25-19(14-18)22(27)26-15-17-5-9-23-10-6-17/h3-6,8-10,12-14H,7,11,15H2,1-2H3,(H,24,25)(H,26,27). The first-order valence-electron chi connectivity index (χ1n) is 9.27. The van der Waals surface area contributed by atoms with Gasteiger partial charge in [-0.2, -0.15) is 0 Å². The molecule has 7 heteroatoms. The summed E-state index contributed by atoms with van der Waals surface area (Å²) in [6.07, 6.45) is 5.82. The molecule has 0 spiro atoms. The highest BCUT2D eigenvalue weighted by Gasteiger charge is 2.08. The van der Waals surface area contributed by atoms with Crippen molar-refractivity contribution in [3.05, 3.63) is 77.9 Å². The molecule has 3 rings (SSSR count). The summed E-state index contributed by atoms with van der Waals surface area (Å²) in [4.78, 5) is 20.5. The fourth-order valence-corrected chi connectivity index (χ4v) is 2.83. The number of methoxy groups -OCH3 is 2. The molecule has 0 aliphatic carbocycles. The van der Waals surface area contributed by atoms with Crippen LogP contribution >= 0.6 is 0 Å². The Kier molecular flexibility index (Phi) is 7.00. The topological polar surface area (TPSA) is 85.4 Å². The van der Waals surface area contributed by atoms with Gasteiger partial charge in [0.05, 0.1) is 14.2 Å². The molecule has 0 aliphatic heterocycles. The van der Waals surface area contributed by atoms with Crippen LogP contribution in [0.15, 0.2) is 61.1 Å². The number of nitrogens with one attached hydrogen (secondary N) is 2. The predicted octanol–water partition coefficient (Wildman–Crippen LogP) is 3.08. The molecule has 2 heterocycles. The Hall–Kier alpha value is -3.61. The van der Waals surface area contributed by atoms with Crippen molar-refractivity contribution in [1.29, 1.82) is 0 Å². The lowest BCUT2D eigenvalue weighted by Gasteiger charge is -2.11. The predicted molar refractivity (Wildman–Crippen MR) is 111 cm³/mol. The van der Waals surface area contributed by atoms with Crippen molar-refractivity contribution >= 4 is 11.6 Å². The van der Waals surface area contributed by atoms with Crippen molar-refractivity contribution in [2.45, 2.75) is 13.0 Å². The van der Waals surface area contributed by atoms with Crippen LogP contribution in [0.2, 0.25) is 0 Å². The van der Waals surface area contributed by atoms with E-state index in [2.05, 4.69) is 20.6 Å². The van der Waals surface area contributed by atoms with Crippen LogP contribution in [-0.2, 0) is 13.0 Å². The van der Waals surface area contributed by atoms with Crippen LogP contribution in [0, 0.1) is 0 Å². The molecule has 0 fully saturated rings. The van der Waals surface area contributed by atoms with Crippen molar-refractivity contribution in [3.8, 4) is 11.5 Å². The summed E-state index contributed by atoms with van der Waals surface area (Å²) in [5, 5.41) is 6.19. The molecular weight excluding hydrogens is 368 g/mol. The van der Waals surface area contributed by atoms with Gasteiger partial charge >= 0.3 is 0 Å². The van der Waals surface area contributed by atoms with E-state index >= 15 is 0 Å². The average Bonchev–Trinajstić information content (AvgIpc) is 2.78. The largest absolute Gasteiger partial charge is 0.493 e. The third kappa shape index (κ3) is 5.68. The van der Waals surface area contributed by atoms with Gasteiger partial charge in [-0.25, -0.2) is 0 Å².